The minimum Gasteiger partial charge on any atom is -0.489 e. The summed E-state index contributed by atoms with van der Waals surface area (Å²) in [5, 5.41) is 8.38. The molecular weight excluding hydrogens is 515 g/mol. The SMILES string of the molecule is CCOC(=O)C1=C(C)Nc2nc(SCc3ccccc3F)nn2C1c1cccc(OCc2ccc(C)cc2)c1. The lowest BCUT2D eigenvalue weighted by molar-refractivity contribution is -0.139. The van der Waals surface area contributed by atoms with E-state index < -0.39 is 12.0 Å². The molecule has 1 aromatic heterocycles. The van der Waals surface area contributed by atoms with Gasteiger partial charge < -0.3 is 14.8 Å². The van der Waals surface area contributed by atoms with Crippen LogP contribution < -0.4 is 10.1 Å². The predicted molar refractivity (Wildman–Crippen MR) is 149 cm³/mol. The van der Waals surface area contributed by atoms with E-state index in [1.54, 1.807) is 29.8 Å². The van der Waals surface area contributed by atoms with Gasteiger partial charge >= 0.3 is 5.97 Å². The highest BCUT2D eigenvalue weighted by atomic mass is 32.2. The summed E-state index contributed by atoms with van der Waals surface area (Å²) in [5.74, 6) is 0.839. The lowest BCUT2D eigenvalue weighted by atomic mass is 9.95. The highest BCUT2D eigenvalue weighted by molar-refractivity contribution is 7.98. The Hall–Kier alpha value is -4.11. The van der Waals surface area contributed by atoms with E-state index in [0.717, 1.165) is 11.1 Å². The second-order valence-electron chi connectivity index (χ2n) is 9.18. The second kappa shape index (κ2) is 11.7. The van der Waals surface area contributed by atoms with E-state index in [2.05, 4.69) is 22.4 Å². The number of allylic oxidation sites excluding steroid dienone is 1. The Morgan fingerprint density at radius 3 is 2.64 bits per heavy atom. The Bertz CT molecular complexity index is 1520. The third-order valence-electron chi connectivity index (χ3n) is 6.34. The van der Waals surface area contributed by atoms with Gasteiger partial charge in [-0.05, 0) is 55.7 Å². The van der Waals surface area contributed by atoms with Crippen LogP contribution in [0, 0.1) is 12.7 Å². The molecular formula is C30H29FN4O3S. The Kier molecular flexibility index (Phi) is 7.97. The first-order valence-electron chi connectivity index (χ1n) is 12.7. The first kappa shape index (κ1) is 26.5. The molecule has 0 bridgehead atoms. The molecule has 1 unspecified atom stereocenters. The van der Waals surface area contributed by atoms with Crippen LogP contribution in [-0.2, 0) is 21.9 Å². The minimum atomic E-state index is -0.585. The number of carbonyl (C=O) groups is 1. The molecule has 5 rings (SSSR count). The zero-order chi connectivity index (χ0) is 27.4. The van der Waals surface area contributed by atoms with Gasteiger partial charge in [-0.3, -0.25) is 0 Å². The van der Waals surface area contributed by atoms with Gasteiger partial charge in [0.05, 0.1) is 12.2 Å². The average Bonchev–Trinajstić information content (AvgIpc) is 3.34. The number of aryl methyl sites for hydroxylation is 1. The number of carbonyl (C=O) groups excluding carboxylic acids is 1. The van der Waals surface area contributed by atoms with Crippen LogP contribution in [0.1, 0.15) is 42.1 Å². The fourth-order valence-corrected chi connectivity index (χ4v) is 5.17. The smallest absolute Gasteiger partial charge is 0.338 e. The summed E-state index contributed by atoms with van der Waals surface area (Å²) in [5.41, 5.74) is 4.70. The zero-order valence-corrected chi connectivity index (χ0v) is 22.8. The van der Waals surface area contributed by atoms with Crippen molar-refractivity contribution in [1.82, 2.24) is 14.8 Å². The molecule has 1 aliphatic rings. The molecule has 2 heterocycles. The number of hydrogen-bond donors (Lipinski definition) is 1. The molecule has 1 N–H and O–H groups in total. The molecule has 0 saturated carbocycles. The van der Waals surface area contributed by atoms with Crippen LogP contribution in [0.2, 0.25) is 0 Å². The monoisotopic (exact) mass is 544 g/mol. The minimum absolute atomic E-state index is 0.246. The van der Waals surface area contributed by atoms with Crippen molar-refractivity contribution in [2.45, 2.75) is 44.3 Å². The zero-order valence-electron chi connectivity index (χ0n) is 22.0. The van der Waals surface area contributed by atoms with Crippen molar-refractivity contribution in [1.29, 1.82) is 0 Å². The lowest BCUT2D eigenvalue weighted by Crippen LogP contribution is -2.29. The number of anilines is 1. The van der Waals surface area contributed by atoms with Gasteiger partial charge in [0.25, 0.3) is 0 Å². The standard InChI is InChI=1S/C30H29FN4O3S/c1-4-37-28(36)26-20(3)32-29-33-30(39-18-23-8-5-6-11-25(23)31)34-35(29)27(26)22-9-7-10-24(16-22)38-17-21-14-12-19(2)13-15-21/h5-16,27H,4,17-18H2,1-3H3,(H,32,33,34). The summed E-state index contributed by atoms with van der Waals surface area (Å²) in [4.78, 5) is 17.8. The van der Waals surface area contributed by atoms with E-state index in [9.17, 15) is 9.18 Å². The van der Waals surface area contributed by atoms with Gasteiger partial charge in [0.15, 0.2) is 0 Å². The lowest BCUT2D eigenvalue weighted by Gasteiger charge is -2.28. The molecule has 0 aliphatic carbocycles. The summed E-state index contributed by atoms with van der Waals surface area (Å²) >= 11 is 1.33. The molecule has 3 aromatic carbocycles. The van der Waals surface area contributed by atoms with Gasteiger partial charge in [-0.1, -0.05) is 71.9 Å². The van der Waals surface area contributed by atoms with Crippen molar-refractivity contribution in [3.63, 3.8) is 0 Å². The molecule has 39 heavy (non-hydrogen) atoms. The van der Waals surface area contributed by atoms with Crippen LogP contribution in [0.15, 0.2) is 89.2 Å². The fourth-order valence-electron chi connectivity index (χ4n) is 4.36. The molecule has 9 heteroatoms. The van der Waals surface area contributed by atoms with Crippen molar-refractivity contribution in [2.24, 2.45) is 0 Å². The number of nitrogens with zero attached hydrogens (tertiary/aromatic N) is 3. The summed E-state index contributed by atoms with van der Waals surface area (Å²) in [6.45, 7) is 6.31. The number of benzene rings is 3. The van der Waals surface area contributed by atoms with Gasteiger partial charge in [-0.2, -0.15) is 4.98 Å². The Balaban J connectivity index is 1.45. The number of thioether (sulfide) groups is 1. The highest BCUT2D eigenvalue weighted by Gasteiger charge is 2.35. The van der Waals surface area contributed by atoms with Gasteiger partial charge in [0, 0.05) is 11.4 Å². The summed E-state index contributed by atoms with van der Waals surface area (Å²) < 4.78 is 27.3. The molecule has 1 atom stereocenters. The van der Waals surface area contributed by atoms with Crippen LogP contribution in [0.5, 0.6) is 5.75 Å². The molecule has 7 nitrogen and oxygen atoms in total. The number of ether oxygens (including phenoxy) is 2. The summed E-state index contributed by atoms with van der Waals surface area (Å²) in [6, 6.07) is 21.9. The van der Waals surface area contributed by atoms with Crippen molar-refractivity contribution in [3.8, 4) is 5.75 Å². The fraction of sp³-hybridized carbons (Fsp3) is 0.233. The molecule has 4 aromatic rings. The number of aromatic nitrogens is 3. The first-order chi connectivity index (χ1) is 18.9. The van der Waals surface area contributed by atoms with Crippen LogP contribution in [0.4, 0.5) is 10.3 Å². The normalized spacial score (nSPS) is 14.5. The van der Waals surface area contributed by atoms with Gasteiger partial charge in [0.2, 0.25) is 11.1 Å². The molecule has 0 saturated heterocycles. The Morgan fingerprint density at radius 1 is 1.08 bits per heavy atom. The molecule has 1 aliphatic heterocycles. The Morgan fingerprint density at radius 2 is 1.87 bits per heavy atom. The van der Waals surface area contributed by atoms with Gasteiger partial charge in [-0.25, -0.2) is 13.9 Å². The molecule has 0 spiro atoms. The number of rotatable bonds is 9. The summed E-state index contributed by atoms with van der Waals surface area (Å²) in [7, 11) is 0. The van der Waals surface area contributed by atoms with E-state index in [4.69, 9.17) is 14.6 Å². The van der Waals surface area contributed by atoms with Crippen LogP contribution in [0.3, 0.4) is 0 Å². The maximum atomic E-state index is 14.2. The van der Waals surface area contributed by atoms with Crippen LogP contribution in [0.25, 0.3) is 0 Å². The van der Waals surface area contributed by atoms with Crippen LogP contribution in [-0.4, -0.2) is 27.3 Å². The Labute approximate surface area is 231 Å². The van der Waals surface area contributed by atoms with E-state index in [1.165, 1.54) is 23.4 Å². The maximum Gasteiger partial charge on any atom is 0.338 e. The van der Waals surface area contributed by atoms with Crippen LogP contribution >= 0.6 is 11.8 Å². The first-order valence-corrected chi connectivity index (χ1v) is 13.7. The van der Waals surface area contributed by atoms with Crippen molar-refractivity contribution < 1.29 is 18.7 Å². The molecule has 0 amide bonds. The average molecular weight is 545 g/mol. The van der Waals surface area contributed by atoms with E-state index >= 15 is 0 Å². The number of esters is 1. The molecule has 0 radical (unpaired) electrons. The highest BCUT2D eigenvalue weighted by Crippen LogP contribution is 2.38. The maximum absolute atomic E-state index is 14.2. The number of hydrogen-bond acceptors (Lipinski definition) is 7. The summed E-state index contributed by atoms with van der Waals surface area (Å²) in [6.07, 6.45) is 0. The van der Waals surface area contributed by atoms with Crippen molar-refractivity contribution >= 4 is 23.7 Å². The van der Waals surface area contributed by atoms with E-state index in [0.29, 0.717) is 46.0 Å². The molecule has 0 fully saturated rings. The largest absolute Gasteiger partial charge is 0.489 e. The van der Waals surface area contributed by atoms with E-state index in [-0.39, 0.29) is 12.4 Å². The van der Waals surface area contributed by atoms with Crippen molar-refractivity contribution in [3.05, 3.63) is 112 Å². The predicted octanol–water partition coefficient (Wildman–Crippen LogP) is 6.45. The van der Waals surface area contributed by atoms with Crippen molar-refractivity contribution in [2.75, 3.05) is 11.9 Å². The van der Waals surface area contributed by atoms with Gasteiger partial charge in [0.1, 0.15) is 24.2 Å². The topological polar surface area (TPSA) is 78.3 Å². The van der Waals surface area contributed by atoms with Gasteiger partial charge in [-0.15, -0.1) is 5.10 Å². The molecule has 200 valence electrons. The third-order valence-corrected chi connectivity index (χ3v) is 7.23. The quantitative estimate of drug-likeness (QED) is 0.192. The number of fused-ring (bicyclic) bond motifs is 1. The number of halogens is 1. The number of nitrogens with one attached hydrogen (secondary N) is 1. The second-order valence-corrected chi connectivity index (χ2v) is 10.1. The van der Waals surface area contributed by atoms with E-state index in [1.807, 2.05) is 50.2 Å². The third kappa shape index (κ3) is 5.98.